The molecule has 1 aliphatic heterocycles. The minimum atomic E-state index is 0.758. The molecule has 1 aliphatic rings. The van der Waals surface area contributed by atoms with Crippen LogP contribution in [0.15, 0.2) is 48.5 Å². The summed E-state index contributed by atoms with van der Waals surface area (Å²) in [5.41, 5.74) is 2.07. The van der Waals surface area contributed by atoms with Crippen LogP contribution in [0.4, 0.5) is 5.69 Å². The molecule has 1 fully saturated rings. The van der Waals surface area contributed by atoms with Crippen molar-refractivity contribution < 1.29 is 0 Å². The smallest absolute Gasteiger partial charge is 0.0998 e. The molecule has 2 nitrogen and oxygen atoms in total. The fourth-order valence-electron chi connectivity index (χ4n) is 3.53. The van der Waals surface area contributed by atoms with Gasteiger partial charge in [0.1, 0.15) is 0 Å². The fourth-order valence-corrected chi connectivity index (χ4v) is 3.53. The number of fused-ring (bicyclic) bond motifs is 3. The third kappa shape index (κ3) is 2.10. The van der Waals surface area contributed by atoms with Crippen LogP contribution in [0, 0.1) is 11.3 Å². The van der Waals surface area contributed by atoms with Crippen LogP contribution in [-0.4, -0.2) is 13.1 Å². The van der Waals surface area contributed by atoms with Gasteiger partial charge in [-0.25, -0.2) is 0 Å². The molecule has 22 heavy (non-hydrogen) atoms. The predicted octanol–water partition coefficient (Wildman–Crippen LogP) is 4.85. The molecule has 0 N–H and O–H groups in total. The van der Waals surface area contributed by atoms with Gasteiger partial charge in [0, 0.05) is 24.2 Å². The van der Waals surface area contributed by atoms with Gasteiger partial charge >= 0.3 is 0 Å². The van der Waals surface area contributed by atoms with Gasteiger partial charge in [-0.1, -0.05) is 30.3 Å². The van der Waals surface area contributed by atoms with Crippen molar-refractivity contribution in [2.24, 2.45) is 0 Å². The molecule has 0 aliphatic carbocycles. The summed E-state index contributed by atoms with van der Waals surface area (Å²) in [7, 11) is 0. The van der Waals surface area contributed by atoms with Crippen molar-refractivity contribution in [2.75, 3.05) is 18.0 Å². The van der Waals surface area contributed by atoms with Gasteiger partial charge in [0.05, 0.1) is 11.6 Å². The highest BCUT2D eigenvalue weighted by atomic mass is 15.1. The lowest BCUT2D eigenvalue weighted by molar-refractivity contribution is 0.578. The van der Waals surface area contributed by atoms with Crippen LogP contribution in [0.5, 0.6) is 0 Å². The van der Waals surface area contributed by atoms with E-state index in [0.717, 1.165) is 29.4 Å². The molecule has 0 spiro atoms. The molecule has 0 unspecified atom stereocenters. The first-order valence-corrected chi connectivity index (χ1v) is 7.97. The maximum atomic E-state index is 9.40. The Morgan fingerprint density at radius 2 is 1.59 bits per heavy atom. The Hall–Kier alpha value is -2.53. The van der Waals surface area contributed by atoms with Gasteiger partial charge in [-0.15, -0.1) is 0 Å². The van der Waals surface area contributed by atoms with Crippen molar-refractivity contribution in [3.63, 3.8) is 0 Å². The standard InChI is InChI=1S/C20H18N2/c21-14-16-12-15-8-9-17(22-10-4-1-5-11-22)13-20(15)19-7-3-2-6-18(16)19/h2-3,6-9,12-13H,1,4-5,10-11H2. The van der Waals surface area contributed by atoms with Crippen LogP contribution >= 0.6 is 0 Å². The lowest BCUT2D eigenvalue weighted by atomic mass is 9.97. The molecule has 108 valence electrons. The number of nitriles is 1. The van der Waals surface area contributed by atoms with Crippen LogP contribution in [-0.2, 0) is 0 Å². The summed E-state index contributed by atoms with van der Waals surface area (Å²) >= 11 is 0. The number of nitrogens with zero attached hydrogens (tertiary/aromatic N) is 2. The molecule has 1 heterocycles. The Morgan fingerprint density at radius 1 is 0.818 bits per heavy atom. The summed E-state index contributed by atoms with van der Waals surface area (Å²) < 4.78 is 0. The summed E-state index contributed by atoms with van der Waals surface area (Å²) in [5, 5.41) is 14.0. The molecular formula is C20H18N2. The van der Waals surface area contributed by atoms with Gasteiger partial charge in [-0.2, -0.15) is 5.26 Å². The fraction of sp³-hybridized carbons (Fsp3) is 0.250. The Balaban J connectivity index is 1.95. The Morgan fingerprint density at radius 3 is 2.36 bits per heavy atom. The molecule has 3 aromatic carbocycles. The zero-order valence-corrected chi connectivity index (χ0v) is 12.5. The first-order valence-electron chi connectivity index (χ1n) is 7.97. The molecule has 3 aromatic rings. The van der Waals surface area contributed by atoms with Crippen molar-refractivity contribution in [1.29, 1.82) is 5.26 Å². The van der Waals surface area contributed by atoms with E-state index in [1.807, 2.05) is 18.2 Å². The van der Waals surface area contributed by atoms with E-state index in [9.17, 15) is 5.26 Å². The Kier molecular flexibility index (Phi) is 3.20. The quantitative estimate of drug-likeness (QED) is 0.598. The molecule has 0 radical (unpaired) electrons. The minimum absolute atomic E-state index is 0.758. The van der Waals surface area contributed by atoms with Crippen LogP contribution in [0.2, 0.25) is 0 Å². The molecule has 4 rings (SSSR count). The molecule has 0 bridgehead atoms. The Bertz CT molecular complexity index is 883. The SMILES string of the molecule is N#Cc1cc2ccc(N3CCCCC3)cc2c2ccccc12. The molecule has 1 saturated heterocycles. The van der Waals surface area contributed by atoms with E-state index < -0.39 is 0 Å². The second-order valence-electron chi connectivity index (χ2n) is 6.03. The molecule has 2 heteroatoms. The van der Waals surface area contributed by atoms with Crippen LogP contribution in [0.3, 0.4) is 0 Å². The number of hydrogen-bond donors (Lipinski definition) is 0. The van der Waals surface area contributed by atoms with Gasteiger partial charge in [0.15, 0.2) is 0 Å². The van der Waals surface area contributed by atoms with E-state index in [1.54, 1.807) is 0 Å². The minimum Gasteiger partial charge on any atom is -0.372 e. The molecule has 0 amide bonds. The van der Waals surface area contributed by atoms with E-state index in [1.165, 1.54) is 35.7 Å². The van der Waals surface area contributed by atoms with Gasteiger partial charge in [0.25, 0.3) is 0 Å². The topological polar surface area (TPSA) is 27.0 Å². The normalized spacial score (nSPS) is 15.1. The van der Waals surface area contributed by atoms with Crippen molar-refractivity contribution in [3.8, 4) is 6.07 Å². The van der Waals surface area contributed by atoms with Gasteiger partial charge in [-0.05, 0) is 53.6 Å². The number of anilines is 1. The first-order chi connectivity index (χ1) is 10.9. The van der Waals surface area contributed by atoms with Gasteiger partial charge in [0.2, 0.25) is 0 Å². The number of piperidine rings is 1. The number of benzene rings is 3. The van der Waals surface area contributed by atoms with E-state index in [4.69, 9.17) is 0 Å². The monoisotopic (exact) mass is 286 g/mol. The Labute approximate surface area is 130 Å². The summed E-state index contributed by atoms with van der Waals surface area (Å²) in [4.78, 5) is 2.48. The van der Waals surface area contributed by atoms with Gasteiger partial charge in [-0.3, -0.25) is 0 Å². The number of hydrogen-bond acceptors (Lipinski definition) is 2. The summed E-state index contributed by atoms with van der Waals surface area (Å²) in [6.07, 6.45) is 3.91. The number of rotatable bonds is 1. The molecule has 0 aromatic heterocycles. The largest absolute Gasteiger partial charge is 0.372 e. The van der Waals surface area contributed by atoms with Crippen LogP contribution < -0.4 is 4.90 Å². The maximum Gasteiger partial charge on any atom is 0.0998 e. The van der Waals surface area contributed by atoms with E-state index in [-0.39, 0.29) is 0 Å². The average Bonchev–Trinajstić information content (AvgIpc) is 2.61. The second-order valence-corrected chi connectivity index (χ2v) is 6.03. The van der Waals surface area contributed by atoms with Crippen LogP contribution in [0.25, 0.3) is 21.5 Å². The van der Waals surface area contributed by atoms with Crippen LogP contribution in [0.1, 0.15) is 24.8 Å². The highest BCUT2D eigenvalue weighted by molar-refractivity contribution is 6.10. The summed E-state index contributed by atoms with van der Waals surface area (Å²) in [6, 6.07) is 19.2. The van der Waals surface area contributed by atoms with E-state index >= 15 is 0 Å². The van der Waals surface area contributed by atoms with Crippen molar-refractivity contribution in [1.82, 2.24) is 0 Å². The predicted molar refractivity (Wildman–Crippen MR) is 92.2 cm³/mol. The van der Waals surface area contributed by atoms with Gasteiger partial charge < -0.3 is 4.90 Å². The lowest BCUT2D eigenvalue weighted by Gasteiger charge is -2.29. The van der Waals surface area contributed by atoms with Crippen molar-refractivity contribution in [3.05, 3.63) is 54.1 Å². The van der Waals surface area contributed by atoms with E-state index in [2.05, 4.69) is 41.3 Å². The summed E-state index contributed by atoms with van der Waals surface area (Å²) in [5.74, 6) is 0. The highest BCUT2D eigenvalue weighted by Crippen LogP contribution is 2.32. The molecular weight excluding hydrogens is 268 g/mol. The maximum absolute atomic E-state index is 9.40. The van der Waals surface area contributed by atoms with Crippen molar-refractivity contribution in [2.45, 2.75) is 19.3 Å². The summed E-state index contributed by atoms with van der Waals surface area (Å²) in [6.45, 7) is 2.30. The highest BCUT2D eigenvalue weighted by Gasteiger charge is 2.12. The zero-order valence-electron chi connectivity index (χ0n) is 12.5. The third-order valence-corrected chi connectivity index (χ3v) is 4.69. The first kappa shape index (κ1) is 13.2. The lowest BCUT2D eigenvalue weighted by Crippen LogP contribution is -2.29. The average molecular weight is 286 g/mol. The molecule has 0 saturated carbocycles. The second kappa shape index (κ2) is 5.35. The zero-order chi connectivity index (χ0) is 14.9. The molecule has 0 atom stereocenters. The van der Waals surface area contributed by atoms with E-state index in [0.29, 0.717) is 0 Å². The third-order valence-electron chi connectivity index (χ3n) is 4.69. The van der Waals surface area contributed by atoms with Crippen molar-refractivity contribution >= 4 is 27.2 Å².